The summed E-state index contributed by atoms with van der Waals surface area (Å²) in [6, 6.07) is 3.62. The Balaban J connectivity index is 1.59. The molecule has 2 aliphatic rings. The maximum Gasteiger partial charge on any atom is 0.410 e. The van der Waals surface area contributed by atoms with Crippen LogP contribution in [0, 0.1) is 0 Å². The molecule has 2 amide bonds. The molecule has 1 aromatic rings. The normalized spacial score (nSPS) is 16.7. The fourth-order valence-electron chi connectivity index (χ4n) is 3.10. The molecule has 1 fully saturated rings. The molecule has 0 aromatic heterocycles. The second kappa shape index (κ2) is 8.63. The minimum absolute atomic E-state index is 0.109. The summed E-state index contributed by atoms with van der Waals surface area (Å²) in [6.07, 6.45) is 2.90. The summed E-state index contributed by atoms with van der Waals surface area (Å²) in [7, 11) is 1.57. The van der Waals surface area contributed by atoms with E-state index in [1.807, 2.05) is 26.8 Å². The van der Waals surface area contributed by atoms with Crippen LogP contribution in [0.5, 0.6) is 17.2 Å². The van der Waals surface area contributed by atoms with E-state index in [-0.39, 0.29) is 12.0 Å². The van der Waals surface area contributed by atoms with Crippen LogP contribution in [0.2, 0.25) is 0 Å². The third-order valence-electron chi connectivity index (χ3n) is 4.51. The van der Waals surface area contributed by atoms with Gasteiger partial charge < -0.3 is 28.7 Å². The molecule has 0 unspecified atom stereocenters. The number of carbonyl (C=O) groups is 2. The van der Waals surface area contributed by atoms with Crippen LogP contribution in [-0.4, -0.2) is 73.9 Å². The maximum absolute atomic E-state index is 12.5. The van der Waals surface area contributed by atoms with Gasteiger partial charge >= 0.3 is 6.09 Å². The van der Waals surface area contributed by atoms with Crippen molar-refractivity contribution >= 4 is 18.1 Å². The van der Waals surface area contributed by atoms with Crippen molar-refractivity contribution in [1.82, 2.24) is 9.80 Å². The molecule has 0 N–H and O–H groups in total. The number of piperazine rings is 1. The number of benzene rings is 1. The molecule has 0 saturated carbocycles. The number of carbonyl (C=O) groups excluding carboxylic acids is 2. The first kappa shape index (κ1) is 20.8. The first-order chi connectivity index (χ1) is 13.8. The highest BCUT2D eigenvalue weighted by Crippen LogP contribution is 2.40. The van der Waals surface area contributed by atoms with Gasteiger partial charge in [-0.25, -0.2) is 4.79 Å². The number of fused-ring (bicyclic) bond motifs is 1. The van der Waals surface area contributed by atoms with E-state index in [0.717, 1.165) is 5.56 Å². The summed E-state index contributed by atoms with van der Waals surface area (Å²) in [5.41, 5.74) is 0.254. The Morgan fingerprint density at radius 1 is 1.03 bits per heavy atom. The zero-order valence-corrected chi connectivity index (χ0v) is 17.4. The molecule has 0 aliphatic carbocycles. The molecule has 0 radical (unpaired) electrons. The SMILES string of the molecule is COc1cc(/C=C/C(=O)N2CCN(C(=O)OC(C)(C)C)CC2)cc2c1OCCO2. The van der Waals surface area contributed by atoms with E-state index in [9.17, 15) is 9.59 Å². The van der Waals surface area contributed by atoms with Crippen LogP contribution in [0.1, 0.15) is 26.3 Å². The van der Waals surface area contributed by atoms with Crippen LogP contribution in [0.25, 0.3) is 6.08 Å². The lowest BCUT2D eigenvalue weighted by molar-refractivity contribution is -0.127. The Hall–Kier alpha value is -2.90. The number of methoxy groups -OCH3 is 1. The molecule has 158 valence electrons. The number of amides is 2. The largest absolute Gasteiger partial charge is 0.493 e. The van der Waals surface area contributed by atoms with Crippen molar-refractivity contribution < 1.29 is 28.5 Å². The number of hydrogen-bond donors (Lipinski definition) is 0. The van der Waals surface area contributed by atoms with Gasteiger partial charge in [-0.2, -0.15) is 0 Å². The Morgan fingerprint density at radius 2 is 1.69 bits per heavy atom. The monoisotopic (exact) mass is 404 g/mol. The zero-order chi connectivity index (χ0) is 21.0. The molecule has 2 aliphatic heterocycles. The third-order valence-corrected chi connectivity index (χ3v) is 4.51. The Bertz CT molecular complexity index is 774. The Labute approximate surface area is 171 Å². The molecule has 0 atom stereocenters. The van der Waals surface area contributed by atoms with E-state index < -0.39 is 5.60 Å². The minimum Gasteiger partial charge on any atom is -0.493 e. The average molecular weight is 404 g/mol. The third kappa shape index (κ3) is 5.34. The van der Waals surface area contributed by atoms with E-state index in [0.29, 0.717) is 56.6 Å². The lowest BCUT2D eigenvalue weighted by Gasteiger charge is -2.35. The molecule has 1 aromatic carbocycles. The maximum atomic E-state index is 12.5. The molecule has 2 heterocycles. The van der Waals surface area contributed by atoms with Gasteiger partial charge in [-0.3, -0.25) is 4.79 Å². The van der Waals surface area contributed by atoms with Crippen molar-refractivity contribution in [2.24, 2.45) is 0 Å². The molecule has 0 spiro atoms. The minimum atomic E-state index is -0.530. The van der Waals surface area contributed by atoms with E-state index in [2.05, 4.69) is 0 Å². The highest BCUT2D eigenvalue weighted by atomic mass is 16.6. The van der Waals surface area contributed by atoms with Crippen LogP contribution in [0.3, 0.4) is 0 Å². The summed E-state index contributed by atoms with van der Waals surface area (Å²) in [5.74, 6) is 1.65. The number of nitrogens with zero attached hydrogens (tertiary/aromatic N) is 2. The summed E-state index contributed by atoms with van der Waals surface area (Å²) in [4.78, 5) is 28.0. The molecule has 8 heteroatoms. The van der Waals surface area contributed by atoms with Crippen molar-refractivity contribution in [3.05, 3.63) is 23.8 Å². The van der Waals surface area contributed by atoms with Gasteiger partial charge in [0, 0.05) is 32.3 Å². The lowest BCUT2D eigenvalue weighted by atomic mass is 10.1. The fraction of sp³-hybridized carbons (Fsp3) is 0.524. The van der Waals surface area contributed by atoms with E-state index in [4.69, 9.17) is 18.9 Å². The van der Waals surface area contributed by atoms with E-state index in [1.165, 1.54) is 6.08 Å². The Kier molecular flexibility index (Phi) is 6.20. The molecule has 3 rings (SSSR count). The molecule has 8 nitrogen and oxygen atoms in total. The fourth-order valence-corrected chi connectivity index (χ4v) is 3.10. The van der Waals surface area contributed by atoms with Crippen LogP contribution in [-0.2, 0) is 9.53 Å². The average Bonchev–Trinajstić information content (AvgIpc) is 2.70. The highest BCUT2D eigenvalue weighted by Gasteiger charge is 2.27. The number of hydrogen-bond acceptors (Lipinski definition) is 6. The van der Waals surface area contributed by atoms with E-state index >= 15 is 0 Å². The number of ether oxygens (including phenoxy) is 4. The standard InChI is InChI=1S/C21H28N2O6/c1-21(2,3)29-20(25)23-9-7-22(8-10-23)18(24)6-5-15-13-16(26-4)19-17(14-15)27-11-12-28-19/h5-6,13-14H,7-12H2,1-4H3/b6-5+. The predicted molar refractivity (Wildman–Crippen MR) is 107 cm³/mol. The zero-order valence-electron chi connectivity index (χ0n) is 17.4. The lowest BCUT2D eigenvalue weighted by Crippen LogP contribution is -2.51. The second-order valence-electron chi connectivity index (χ2n) is 7.87. The van der Waals surface area contributed by atoms with Crippen LogP contribution >= 0.6 is 0 Å². The first-order valence-corrected chi connectivity index (χ1v) is 9.69. The van der Waals surface area contributed by atoms with Gasteiger partial charge in [0.2, 0.25) is 11.7 Å². The second-order valence-corrected chi connectivity index (χ2v) is 7.87. The van der Waals surface area contributed by atoms with Gasteiger partial charge in [-0.15, -0.1) is 0 Å². The predicted octanol–water partition coefficient (Wildman–Crippen LogP) is 2.56. The molecular formula is C21H28N2O6. The van der Waals surface area contributed by atoms with Crippen LogP contribution in [0.15, 0.2) is 18.2 Å². The van der Waals surface area contributed by atoms with Gasteiger partial charge in [-0.05, 0) is 44.5 Å². The van der Waals surface area contributed by atoms with Crippen LogP contribution < -0.4 is 14.2 Å². The summed E-state index contributed by atoms with van der Waals surface area (Å²) < 4.78 is 21.9. The summed E-state index contributed by atoms with van der Waals surface area (Å²) in [5, 5.41) is 0. The van der Waals surface area contributed by atoms with Gasteiger partial charge in [0.25, 0.3) is 0 Å². The summed E-state index contributed by atoms with van der Waals surface area (Å²) >= 11 is 0. The van der Waals surface area contributed by atoms with Crippen molar-refractivity contribution in [2.45, 2.75) is 26.4 Å². The smallest absolute Gasteiger partial charge is 0.410 e. The van der Waals surface area contributed by atoms with E-state index in [1.54, 1.807) is 29.1 Å². The highest BCUT2D eigenvalue weighted by molar-refractivity contribution is 5.92. The quantitative estimate of drug-likeness (QED) is 0.721. The van der Waals surface area contributed by atoms with Crippen LogP contribution in [0.4, 0.5) is 4.79 Å². The topological polar surface area (TPSA) is 77.5 Å². The number of rotatable bonds is 3. The van der Waals surface area contributed by atoms with Crippen molar-refractivity contribution in [2.75, 3.05) is 46.5 Å². The van der Waals surface area contributed by atoms with Gasteiger partial charge in [0.1, 0.15) is 18.8 Å². The molecule has 1 saturated heterocycles. The van der Waals surface area contributed by atoms with Gasteiger partial charge in [-0.1, -0.05) is 0 Å². The van der Waals surface area contributed by atoms with Gasteiger partial charge in [0.15, 0.2) is 11.5 Å². The molecule has 0 bridgehead atoms. The van der Waals surface area contributed by atoms with Crippen molar-refractivity contribution in [1.29, 1.82) is 0 Å². The summed E-state index contributed by atoms with van der Waals surface area (Å²) in [6.45, 7) is 8.29. The van der Waals surface area contributed by atoms with Crippen molar-refractivity contribution in [3.63, 3.8) is 0 Å². The molecule has 29 heavy (non-hydrogen) atoms. The first-order valence-electron chi connectivity index (χ1n) is 9.69. The Morgan fingerprint density at radius 3 is 2.34 bits per heavy atom. The van der Waals surface area contributed by atoms with Crippen molar-refractivity contribution in [3.8, 4) is 17.2 Å². The van der Waals surface area contributed by atoms with Gasteiger partial charge in [0.05, 0.1) is 7.11 Å². The molecular weight excluding hydrogens is 376 g/mol.